The highest BCUT2D eigenvalue weighted by molar-refractivity contribution is 5.99. The van der Waals surface area contributed by atoms with E-state index < -0.39 is 0 Å². The lowest BCUT2D eigenvalue weighted by molar-refractivity contribution is 0.304. The molecule has 14 nitrogen and oxygen atoms in total. The Morgan fingerprint density at radius 2 is 1.33 bits per heavy atom. The fourth-order valence-corrected chi connectivity index (χ4v) is 1.25. The van der Waals surface area contributed by atoms with Crippen LogP contribution in [0.4, 0.5) is 11.6 Å². The maximum Gasteiger partial charge on any atom is 0.203 e. The topological polar surface area (TPSA) is 219 Å². The molecule has 0 unspecified atom stereocenters. The van der Waals surface area contributed by atoms with Crippen molar-refractivity contribution in [3.8, 4) is 0 Å². The quantitative estimate of drug-likeness (QED) is 0.113. The van der Waals surface area contributed by atoms with E-state index in [1.807, 2.05) is 0 Å². The molecule has 0 aromatic carbocycles. The third-order valence-electron chi connectivity index (χ3n) is 2.19. The van der Waals surface area contributed by atoms with E-state index in [9.17, 15) is 0 Å². The van der Waals surface area contributed by atoms with E-state index in [1.165, 1.54) is 0 Å². The van der Waals surface area contributed by atoms with Crippen LogP contribution in [0.2, 0.25) is 0 Å². The van der Waals surface area contributed by atoms with Gasteiger partial charge in [0.15, 0.2) is 23.1 Å². The van der Waals surface area contributed by atoms with Crippen molar-refractivity contribution in [1.29, 1.82) is 0 Å². The molecule has 0 saturated carbocycles. The van der Waals surface area contributed by atoms with Gasteiger partial charge in [-0.1, -0.05) is 10.3 Å². The van der Waals surface area contributed by atoms with Crippen molar-refractivity contribution in [2.45, 2.75) is 0 Å². The Labute approximate surface area is 115 Å². The van der Waals surface area contributed by atoms with Crippen LogP contribution in [-0.4, -0.2) is 49.4 Å². The van der Waals surface area contributed by atoms with Gasteiger partial charge in [-0.25, -0.2) is 9.26 Å². The molecule has 2 aromatic rings. The van der Waals surface area contributed by atoms with Crippen molar-refractivity contribution in [3.63, 3.8) is 0 Å². The van der Waals surface area contributed by atoms with E-state index in [-0.39, 0.29) is 41.4 Å². The third-order valence-corrected chi connectivity index (χ3v) is 2.19. The second-order valence-corrected chi connectivity index (χ2v) is 3.42. The van der Waals surface area contributed by atoms with Gasteiger partial charge in [-0.15, -0.1) is 0 Å². The number of nitrogens with zero attached hydrogens (tertiary/aromatic N) is 6. The zero-order valence-electron chi connectivity index (χ0n) is 10.3. The second-order valence-electron chi connectivity index (χ2n) is 3.42. The Kier molecular flexibility index (Phi) is 3.98. The van der Waals surface area contributed by atoms with Gasteiger partial charge in [0.05, 0.1) is 6.67 Å². The van der Waals surface area contributed by atoms with Gasteiger partial charge in [-0.3, -0.25) is 0 Å². The van der Waals surface area contributed by atoms with Crippen LogP contribution in [0.15, 0.2) is 19.6 Å². The summed E-state index contributed by atoms with van der Waals surface area (Å²) < 4.78 is 8.91. The third kappa shape index (κ3) is 2.88. The number of hydrogen-bond donors (Lipinski definition) is 6. The molecule has 0 aliphatic heterocycles. The van der Waals surface area contributed by atoms with Gasteiger partial charge in [-0.2, -0.15) is 0 Å². The highest BCUT2D eigenvalue weighted by Gasteiger charge is 2.16. The van der Waals surface area contributed by atoms with Crippen molar-refractivity contribution in [3.05, 3.63) is 11.4 Å². The molecule has 2 heterocycles. The molecule has 0 aliphatic carbocycles. The van der Waals surface area contributed by atoms with Crippen molar-refractivity contribution in [2.24, 2.45) is 21.8 Å². The van der Waals surface area contributed by atoms with E-state index in [0.29, 0.717) is 0 Å². The number of aromatic nitrogens is 4. The Morgan fingerprint density at radius 1 is 0.905 bits per heavy atom. The van der Waals surface area contributed by atoms with Crippen LogP contribution in [0.3, 0.4) is 0 Å². The minimum Gasteiger partial charge on any atom is -0.409 e. The number of nitrogens with one attached hydrogen (secondary N) is 2. The molecule has 0 saturated heterocycles. The van der Waals surface area contributed by atoms with Gasteiger partial charge in [0.1, 0.15) is 0 Å². The standard InChI is InChI=1S/C7H10N10O4/c8-4(12-18)2-6(16-20-14-2)10-1-11-7-3(5(9)13-19)15-21-17-7/h18-19H,1H2,(H2,8,12)(H2,9,13)(H,10,16)(H,11,17). The number of rotatable bonds is 6. The summed E-state index contributed by atoms with van der Waals surface area (Å²) >= 11 is 0. The molecule has 0 fully saturated rings. The summed E-state index contributed by atoms with van der Waals surface area (Å²) in [4.78, 5) is 0. The first-order chi connectivity index (χ1) is 10.2. The molecular formula is C7H10N10O4. The number of anilines is 2. The highest BCUT2D eigenvalue weighted by atomic mass is 16.6. The van der Waals surface area contributed by atoms with E-state index in [4.69, 9.17) is 21.9 Å². The molecule has 0 amide bonds. The van der Waals surface area contributed by atoms with Gasteiger partial charge >= 0.3 is 0 Å². The molecule has 0 bridgehead atoms. The Hall–Kier alpha value is -3.58. The Balaban J connectivity index is 2.00. The van der Waals surface area contributed by atoms with Crippen LogP contribution in [0.5, 0.6) is 0 Å². The average molecular weight is 298 g/mol. The first-order valence-electron chi connectivity index (χ1n) is 5.26. The summed E-state index contributed by atoms with van der Waals surface area (Å²) in [6, 6.07) is 0. The fourth-order valence-electron chi connectivity index (χ4n) is 1.25. The molecule has 2 aromatic heterocycles. The van der Waals surface area contributed by atoms with E-state index >= 15 is 0 Å². The van der Waals surface area contributed by atoms with Crippen LogP contribution >= 0.6 is 0 Å². The number of amidine groups is 2. The highest BCUT2D eigenvalue weighted by Crippen LogP contribution is 2.11. The van der Waals surface area contributed by atoms with Crippen LogP contribution in [0, 0.1) is 0 Å². The first-order valence-corrected chi connectivity index (χ1v) is 5.26. The smallest absolute Gasteiger partial charge is 0.203 e. The summed E-state index contributed by atoms with van der Waals surface area (Å²) in [6.07, 6.45) is 0. The molecule has 0 aliphatic rings. The molecule has 2 rings (SSSR count). The van der Waals surface area contributed by atoms with Gasteiger partial charge in [0.25, 0.3) is 0 Å². The Bertz CT molecular complexity index is 604. The Morgan fingerprint density at radius 3 is 1.71 bits per heavy atom. The predicted octanol–water partition coefficient (Wildman–Crippen LogP) is -1.88. The molecule has 14 heteroatoms. The SMILES string of the molecule is NC(=NO)c1nonc1NCNc1nonc1C(N)=NO. The van der Waals surface area contributed by atoms with Gasteiger partial charge in [0.2, 0.25) is 11.6 Å². The summed E-state index contributed by atoms with van der Waals surface area (Å²) in [7, 11) is 0. The lowest BCUT2D eigenvalue weighted by Crippen LogP contribution is -2.21. The normalized spacial score (nSPS) is 12.4. The van der Waals surface area contributed by atoms with Crippen molar-refractivity contribution in [2.75, 3.05) is 17.3 Å². The maximum absolute atomic E-state index is 8.56. The minimum atomic E-state index is -0.279. The molecule has 0 spiro atoms. The van der Waals surface area contributed by atoms with Crippen LogP contribution < -0.4 is 22.1 Å². The predicted molar refractivity (Wildman–Crippen MR) is 65.7 cm³/mol. The van der Waals surface area contributed by atoms with Gasteiger partial charge < -0.3 is 32.5 Å². The molecule has 112 valence electrons. The fraction of sp³-hybridized carbons (Fsp3) is 0.143. The number of oxime groups is 2. The zero-order chi connectivity index (χ0) is 15.2. The molecule has 0 radical (unpaired) electrons. The van der Waals surface area contributed by atoms with E-state index in [1.54, 1.807) is 0 Å². The van der Waals surface area contributed by atoms with Crippen LogP contribution in [0.25, 0.3) is 0 Å². The van der Waals surface area contributed by atoms with E-state index in [2.05, 4.69) is 50.8 Å². The van der Waals surface area contributed by atoms with Gasteiger partial charge in [-0.05, 0) is 20.6 Å². The number of nitrogens with two attached hydrogens (primary N) is 2. The van der Waals surface area contributed by atoms with Gasteiger partial charge in [0, 0.05) is 0 Å². The second kappa shape index (κ2) is 6.04. The lowest BCUT2D eigenvalue weighted by atomic mass is 10.4. The first kappa shape index (κ1) is 13.8. The maximum atomic E-state index is 8.56. The largest absolute Gasteiger partial charge is 0.409 e. The summed E-state index contributed by atoms with van der Waals surface area (Å²) in [5.74, 6) is -0.308. The van der Waals surface area contributed by atoms with E-state index in [0.717, 1.165) is 0 Å². The average Bonchev–Trinajstić information content (AvgIpc) is 3.15. The van der Waals surface area contributed by atoms with Crippen molar-refractivity contribution < 1.29 is 19.7 Å². The van der Waals surface area contributed by atoms with Crippen LogP contribution in [-0.2, 0) is 0 Å². The molecule has 21 heavy (non-hydrogen) atoms. The molecular weight excluding hydrogens is 288 g/mol. The number of hydrogen-bond acceptors (Lipinski definition) is 12. The van der Waals surface area contributed by atoms with Crippen molar-refractivity contribution in [1.82, 2.24) is 20.6 Å². The van der Waals surface area contributed by atoms with Crippen molar-refractivity contribution >= 4 is 23.3 Å². The van der Waals surface area contributed by atoms with Crippen LogP contribution in [0.1, 0.15) is 11.4 Å². The summed E-state index contributed by atoms with van der Waals surface area (Å²) in [6.45, 7) is 0.0554. The molecule has 8 N–H and O–H groups in total. The summed E-state index contributed by atoms with van der Waals surface area (Å²) in [5.41, 5.74) is 10.8. The zero-order valence-corrected chi connectivity index (χ0v) is 10.3. The summed E-state index contributed by atoms with van der Waals surface area (Å²) in [5, 5.41) is 42.1. The lowest BCUT2D eigenvalue weighted by Gasteiger charge is -2.04. The monoisotopic (exact) mass is 298 g/mol. The molecule has 0 atom stereocenters. The minimum absolute atomic E-state index is 0.0224.